The van der Waals surface area contributed by atoms with Crippen molar-refractivity contribution in [3.63, 3.8) is 0 Å². The van der Waals surface area contributed by atoms with E-state index in [9.17, 15) is 24.0 Å². The summed E-state index contributed by atoms with van der Waals surface area (Å²) in [6, 6.07) is 12.3. The zero-order chi connectivity index (χ0) is 20.5. The number of benzene rings is 2. The lowest BCUT2D eigenvalue weighted by atomic mass is 10.2. The van der Waals surface area contributed by atoms with Crippen LogP contribution in [0.5, 0.6) is 5.75 Å². The fraction of sp³-hybridized carbons (Fsp3) is 0. The maximum Gasteiger partial charge on any atom is 0.343 e. The van der Waals surface area contributed by atoms with E-state index >= 15 is 0 Å². The van der Waals surface area contributed by atoms with Gasteiger partial charge in [0.15, 0.2) is 5.75 Å². The van der Waals surface area contributed by atoms with E-state index in [0.717, 1.165) is 34.1 Å². The molecule has 4 amide bonds. The first-order valence-electron chi connectivity index (χ1n) is 8.50. The molecule has 0 unspecified atom stereocenters. The van der Waals surface area contributed by atoms with Crippen molar-refractivity contribution >= 4 is 41.0 Å². The fourth-order valence-corrected chi connectivity index (χ4v) is 2.99. The molecule has 29 heavy (non-hydrogen) atoms. The number of anilines is 2. The molecule has 8 nitrogen and oxygen atoms in total. The molecular formula is C21H12N2O6. The second-order valence-corrected chi connectivity index (χ2v) is 6.07. The molecule has 0 aliphatic carbocycles. The maximum absolute atomic E-state index is 12.5. The summed E-state index contributed by atoms with van der Waals surface area (Å²) in [5, 5.41) is 0. The highest BCUT2D eigenvalue weighted by Gasteiger charge is 2.36. The monoisotopic (exact) mass is 388 g/mol. The van der Waals surface area contributed by atoms with Gasteiger partial charge in [-0.3, -0.25) is 19.2 Å². The molecular weight excluding hydrogens is 376 g/mol. The van der Waals surface area contributed by atoms with Gasteiger partial charge in [0.1, 0.15) is 5.69 Å². The molecule has 0 spiro atoms. The summed E-state index contributed by atoms with van der Waals surface area (Å²) in [5.41, 5.74) is 0.0342. The summed E-state index contributed by atoms with van der Waals surface area (Å²) in [4.78, 5) is 63.0. The van der Waals surface area contributed by atoms with E-state index in [1.165, 1.54) is 30.3 Å². The van der Waals surface area contributed by atoms with Crippen LogP contribution < -0.4 is 14.5 Å². The van der Waals surface area contributed by atoms with E-state index < -0.39 is 29.6 Å². The number of esters is 1. The predicted octanol–water partition coefficient (Wildman–Crippen LogP) is 1.76. The Morgan fingerprint density at radius 2 is 1.21 bits per heavy atom. The van der Waals surface area contributed by atoms with Crippen molar-refractivity contribution in [1.29, 1.82) is 0 Å². The number of rotatable bonds is 4. The number of nitrogens with zero attached hydrogens (tertiary/aromatic N) is 2. The number of para-hydroxylation sites is 1. The number of carbonyl (C=O) groups excluding carboxylic acids is 5. The summed E-state index contributed by atoms with van der Waals surface area (Å²) in [6.45, 7) is 0. The molecule has 0 bridgehead atoms. The summed E-state index contributed by atoms with van der Waals surface area (Å²) in [7, 11) is 0. The van der Waals surface area contributed by atoms with Gasteiger partial charge in [-0.25, -0.2) is 14.6 Å². The summed E-state index contributed by atoms with van der Waals surface area (Å²) < 4.78 is 5.43. The fourth-order valence-electron chi connectivity index (χ4n) is 2.99. The number of amides is 4. The number of hydrogen-bond acceptors (Lipinski definition) is 6. The van der Waals surface area contributed by atoms with Crippen molar-refractivity contribution < 1.29 is 28.7 Å². The first-order chi connectivity index (χ1) is 14.0. The first kappa shape index (κ1) is 18.1. The van der Waals surface area contributed by atoms with Crippen molar-refractivity contribution in [1.82, 2.24) is 0 Å². The molecule has 0 N–H and O–H groups in total. The van der Waals surface area contributed by atoms with Crippen LogP contribution in [0.3, 0.4) is 0 Å². The van der Waals surface area contributed by atoms with Crippen LogP contribution in [-0.4, -0.2) is 29.6 Å². The van der Waals surface area contributed by atoms with Crippen molar-refractivity contribution in [2.45, 2.75) is 0 Å². The van der Waals surface area contributed by atoms with E-state index in [2.05, 4.69) is 0 Å². The average molecular weight is 388 g/mol. The Kier molecular flexibility index (Phi) is 4.36. The van der Waals surface area contributed by atoms with E-state index in [-0.39, 0.29) is 22.7 Å². The zero-order valence-corrected chi connectivity index (χ0v) is 14.8. The first-order valence-corrected chi connectivity index (χ1v) is 8.50. The van der Waals surface area contributed by atoms with E-state index in [0.29, 0.717) is 0 Å². The van der Waals surface area contributed by atoms with Gasteiger partial charge in [-0.05, 0) is 24.3 Å². The molecule has 0 atom stereocenters. The van der Waals surface area contributed by atoms with Gasteiger partial charge >= 0.3 is 5.97 Å². The molecule has 2 aliphatic heterocycles. The molecule has 0 saturated heterocycles. The van der Waals surface area contributed by atoms with Crippen LogP contribution in [0, 0.1) is 0 Å². The van der Waals surface area contributed by atoms with Crippen molar-refractivity contribution in [2.24, 2.45) is 0 Å². The Hall–Kier alpha value is -4.33. The third kappa shape index (κ3) is 3.12. The quantitative estimate of drug-likeness (QED) is 0.449. The SMILES string of the molecule is O=C(Oc1cccc(N2C(=O)C=CC2=O)c1N1C(=O)C=CC1=O)c1ccccc1. The minimum Gasteiger partial charge on any atom is -0.421 e. The third-order valence-electron chi connectivity index (χ3n) is 4.27. The minimum atomic E-state index is -0.728. The molecule has 0 fully saturated rings. The molecule has 0 radical (unpaired) electrons. The van der Waals surface area contributed by atoms with Gasteiger partial charge in [0.25, 0.3) is 23.6 Å². The Morgan fingerprint density at radius 3 is 1.79 bits per heavy atom. The standard InChI is InChI=1S/C21H12N2O6/c24-16-9-10-17(25)22(16)14-7-4-8-15(20(14)23-18(26)11-12-19(23)27)29-21(28)13-5-2-1-3-6-13/h1-12H. The van der Waals surface area contributed by atoms with Gasteiger partial charge in [0.2, 0.25) is 0 Å². The van der Waals surface area contributed by atoms with Gasteiger partial charge in [0, 0.05) is 24.3 Å². The second-order valence-electron chi connectivity index (χ2n) is 6.07. The molecule has 2 aromatic rings. The van der Waals surface area contributed by atoms with Gasteiger partial charge in [-0.1, -0.05) is 24.3 Å². The number of imide groups is 2. The van der Waals surface area contributed by atoms with E-state index in [4.69, 9.17) is 4.74 Å². The van der Waals surface area contributed by atoms with Crippen molar-refractivity contribution in [3.05, 3.63) is 78.4 Å². The molecule has 4 rings (SSSR count). The van der Waals surface area contributed by atoms with Crippen LogP contribution in [0.25, 0.3) is 0 Å². The predicted molar refractivity (Wildman–Crippen MR) is 101 cm³/mol. The smallest absolute Gasteiger partial charge is 0.343 e. The van der Waals surface area contributed by atoms with Crippen LogP contribution in [0.2, 0.25) is 0 Å². The Balaban J connectivity index is 1.83. The molecule has 2 heterocycles. The van der Waals surface area contributed by atoms with Crippen molar-refractivity contribution in [3.8, 4) is 5.75 Å². The highest BCUT2D eigenvalue weighted by atomic mass is 16.5. The lowest BCUT2D eigenvalue weighted by Gasteiger charge is -2.24. The average Bonchev–Trinajstić information content (AvgIpc) is 3.23. The molecule has 0 saturated carbocycles. The van der Waals surface area contributed by atoms with E-state index in [1.807, 2.05) is 0 Å². The van der Waals surface area contributed by atoms with Crippen LogP contribution in [0.15, 0.2) is 72.8 Å². The topological polar surface area (TPSA) is 101 Å². The maximum atomic E-state index is 12.5. The Labute approximate surface area is 164 Å². The summed E-state index contributed by atoms with van der Waals surface area (Å²) in [5.74, 6) is -3.54. The Bertz CT molecular complexity index is 1100. The van der Waals surface area contributed by atoms with Crippen LogP contribution in [-0.2, 0) is 19.2 Å². The summed E-state index contributed by atoms with van der Waals surface area (Å²) >= 11 is 0. The highest BCUT2D eigenvalue weighted by Crippen LogP contribution is 2.41. The largest absolute Gasteiger partial charge is 0.421 e. The number of carbonyl (C=O) groups is 5. The number of hydrogen-bond donors (Lipinski definition) is 0. The Morgan fingerprint density at radius 1 is 0.655 bits per heavy atom. The van der Waals surface area contributed by atoms with Crippen LogP contribution in [0.1, 0.15) is 10.4 Å². The molecule has 2 aromatic carbocycles. The molecule has 0 aromatic heterocycles. The van der Waals surface area contributed by atoms with Crippen LogP contribution >= 0.6 is 0 Å². The van der Waals surface area contributed by atoms with Crippen LogP contribution in [0.4, 0.5) is 11.4 Å². The van der Waals surface area contributed by atoms with Gasteiger partial charge < -0.3 is 4.74 Å². The minimum absolute atomic E-state index is 0.0474. The van der Waals surface area contributed by atoms with Gasteiger partial charge in [-0.15, -0.1) is 0 Å². The molecule has 8 heteroatoms. The summed E-state index contributed by atoms with van der Waals surface area (Å²) in [6.07, 6.45) is 4.24. The highest BCUT2D eigenvalue weighted by molar-refractivity contribution is 6.33. The molecule has 2 aliphatic rings. The molecule has 142 valence electrons. The third-order valence-corrected chi connectivity index (χ3v) is 4.27. The number of ether oxygens (including phenoxy) is 1. The lowest BCUT2D eigenvalue weighted by molar-refractivity contribution is -0.122. The van der Waals surface area contributed by atoms with Crippen molar-refractivity contribution in [2.75, 3.05) is 9.80 Å². The zero-order valence-electron chi connectivity index (χ0n) is 14.8. The normalized spacial score (nSPS) is 15.6. The van der Waals surface area contributed by atoms with E-state index in [1.54, 1.807) is 18.2 Å². The lowest BCUT2D eigenvalue weighted by Crippen LogP contribution is -2.35. The second kappa shape index (κ2) is 7.01. The van der Waals surface area contributed by atoms with Gasteiger partial charge in [-0.2, -0.15) is 0 Å². The van der Waals surface area contributed by atoms with Gasteiger partial charge in [0.05, 0.1) is 11.3 Å².